The topological polar surface area (TPSA) is 82.1 Å². The molecule has 1 aromatic carbocycles. The zero-order valence-electron chi connectivity index (χ0n) is 15.0. The minimum Gasteiger partial charge on any atom is -0.323 e. The van der Waals surface area contributed by atoms with Gasteiger partial charge in [0.25, 0.3) is 0 Å². The van der Waals surface area contributed by atoms with Crippen LogP contribution >= 0.6 is 15.2 Å². The van der Waals surface area contributed by atoms with Crippen molar-refractivity contribution in [1.29, 1.82) is 0 Å². The van der Waals surface area contributed by atoms with Crippen LogP contribution in [0, 0.1) is 6.92 Å². The van der Waals surface area contributed by atoms with Gasteiger partial charge < -0.3 is 18.5 Å². The third-order valence-electron chi connectivity index (χ3n) is 3.51. The van der Waals surface area contributed by atoms with Crippen molar-refractivity contribution in [2.24, 2.45) is 0 Å². The van der Waals surface area contributed by atoms with Gasteiger partial charge in [-0.3, -0.25) is 9.13 Å². The molecular formula is C16H28O6P2. The first kappa shape index (κ1) is 21.6. The minimum atomic E-state index is -4.31. The summed E-state index contributed by atoms with van der Waals surface area (Å²) in [6.45, 7) is 8.96. The molecule has 0 bridgehead atoms. The molecule has 0 heterocycles. The third-order valence-corrected chi connectivity index (χ3v) is 8.94. The van der Waals surface area contributed by atoms with Crippen LogP contribution in [0.1, 0.15) is 50.6 Å². The fraction of sp³-hybridized carbons (Fsp3) is 0.625. The Bertz CT molecular complexity index is 591. The van der Waals surface area contributed by atoms with Crippen molar-refractivity contribution < 1.29 is 27.6 Å². The van der Waals surface area contributed by atoms with Crippen molar-refractivity contribution in [2.75, 3.05) is 13.2 Å². The zero-order chi connectivity index (χ0) is 18.4. The van der Waals surface area contributed by atoms with Crippen LogP contribution in [0.4, 0.5) is 0 Å². The molecule has 0 aliphatic rings. The fourth-order valence-corrected chi connectivity index (χ4v) is 7.15. The SMILES string of the molecule is CCOP(=O)(OCC)C(c1ccc(C)cc1)P(=O)(O)OC(C)CC. The summed E-state index contributed by atoms with van der Waals surface area (Å²) in [5.74, 6) is 0. The van der Waals surface area contributed by atoms with Gasteiger partial charge in [0.15, 0.2) is 5.40 Å². The van der Waals surface area contributed by atoms with E-state index in [1.54, 1.807) is 45.0 Å². The van der Waals surface area contributed by atoms with Crippen LogP contribution in [-0.4, -0.2) is 24.2 Å². The highest BCUT2D eigenvalue weighted by Gasteiger charge is 2.50. The van der Waals surface area contributed by atoms with Gasteiger partial charge >= 0.3 is 15.2 Å². The maximum atomic E-state index is 13.3. The van der Waals surface area contributed by atoms with E-state index in [2.05, 4.69) is 0 Å². The van der Waals surface area contributed by atoms with Crippen LogP contribution in [-0.2, 0) is 22.7 Å². The summed E-state index contributed by atoms with van der Waals surface area (Å²) in [5.41, 5.74) is 1.38. The highest BCUT2D eigenvalue weighted by atomic mass is 31.2. The summed E-state index contributed by atoms with van der Waals surface area (Å²) in [6.07, 6.45) is 0.101. The minimum absolute atomic E-state index is 0.100. The molecule has 0 aromatic heterocycles. The second kappa shape index (κ2) is 9.28. The Balaban J connectivity index is 3.42. The first-order valence-electron chi connectivity index (χ1n) is 8.16. The van der Waals surface area contributed by atoms with E-state index in [9.17, 15) is 14.0 Å². The average molecular weight is 378 g/mol. The number of hydrogen-bond acceptors (Lipinski definition) is 5. The van der Waals surface area contributed by atoms with Gasteiger partial charge in [-0.2, -0.15) is 0 Å². The number of rotatable bonds is 10. The van der Waals surface area contributed by atoms with E-state index in [-0.39, 0.29) is 13.2 Å². The third kappa shape index (κ3) is 5.52. The van der Waals surface area contributed by atoms with Crippen LogP contribution in [0.2, 0.25) is 0 Å². The van der Waals surface area contributed by atoms with Gasteiger partial charge in [-0.05, 0) is 39.7 Å². The maximum Gasteiger partial charge on any atom is 0.350 e. The van der Waals surface area contributed by atoms with Gasteiger partial charge in [0.05, 0.1) is 19.3 Å². The molecule has 0 saturated carbocycles. The van der Waals surface area contributed by atoms with Crippen molar-refractivity contribution >= 4 is 15.2 Å². The number of benzene rings is 1. The van der Waals surface area contributed by atoms with E-state index in [1.165, 1.54) is 0 Å². The van der Waals surface area contributed by atoms with Crippen LogP contribution < -0.4 is 0 Å². The monoisotopic (exact) mass is 378 g/mol. The molecule has 1 N–H and O–H groups in total. The Morgan fingerprint density at radius 3 is 1.96 bits per heavy atom. The predicted octanol–water partition coefficient (Wildman–Crippen LogP) is 5.26. The molecule has 0 spiro atoms. The Labute approximate surface area is 144 Å². The second-order valence-corrected chi connectivity index (χ2v) is 9.92. The zero-order valence-corrected chi connectivity index (χ0v) is 16.8. The Morgan fingerprint density at radius 1 is 1.04 bits per heavy atom. The van der Waals surface area contributed by atoms with Gasteiger partial charge in [0, 0.05) is 0 Å². The van der Waals surface area contributed by atoms with Gasteiger partial charge in [-0.25, -0.2) is 0 Å². The van der Waals surface area contributed by atoms with E-state index in [0.29, 0.717) is 12.0 Å². The lowest BCUT2D eigenvalue weighted by Gasteiger charge is -2.30. The second-order valence-electron chi connectivity index (χ2n) is 5.55. The van der Waals surface area contributed by atoms with Gasteiger partial charge in [-0.1, -0.05) is 36.8 Å². The molecule has 0 radical (unpaired) electrons. The molecule has 1 rings (SSSR count). The predicted molar refractivity (Wildman–Crippen MR) is 95.4 cm³/mol. The summed E-state index contributed by atoms with van der Waals surface area (Å²) in [5, 5.41) is -1.38. The first-order chi connectivity index (χ1) is 11.2. The lowest BCUT2D eigenvalue weighted by Crippen LogP contribution is -2.13. The van der Waals surface area contributed by atoms with Crippen molar-refractivity contribution in [3.8, 4) is 0 Å². The molecule has 0 fully saturated rings. The van der Waals surface area contributed by atoms with E-state index in [4.69, 9.17) is 13.6 Å². The maximum absolute atomic E-state index is 13.3. The molecule has 24 heavy (non-hydrogen) atoms. The normalized spacial score (nSPS) is 17.2. The smallest absolute Gasteiger partial charge is 0.323 e. The van der Waals surface area contributed by atoms with E-state index >= 15 is 0 Å². The Hall–Kier alpha value is -0.480. The van der Waals surface area contributed by atoms with Crippen molar-refractivity contribution in [1.82, 2.24) is 0 Å². The Kier molecular flexibility index (Phi) is 8.34. The molecule has 0 aliphatic heterocycles. The van der Waals surface area contributed by atoms with Crippen LogP contribution in [0.15, 0.2) is 24.3 Å². The van der Waals surface area contributed by atoms with Crippen LogP contribution in [0.3, 0.4) is 0 Å². The summed E-state index contributed by atoms with van der Waals surface area (Å²) < 4.78 is 42.3. The number of aryl methyl sites for hydroxylation is 1. The molecule has 138 valence electrons. The standard InChI is InChI=1S/C16H28O6P2/c1-6-14(5)22-23(17,18)16(15-11-9-13(4)10-12-15)24(19,20-7-2)21-8-3/h9-12,14,16H,6-8H2,1-5H3,(H,17,18). The largest absolute Gasteiger partial charge is 0.350 e. The molecule has 0 saturated heterocycles. The lowest BCUT2D eigenvalue weighted by molar-refractivity contribution is 0.175. The van der Waals surface area contributed by atoms with Crippen LogP contribution in [0.5, 0.6) is 0 Å². The Morgan fingerprint density at radius 2 is 1.54 bits per heavy atom. The van der Waals surface area contributed by atoms with Gasteiger partial charge in [-0.15, -0.1) is 0 Å². The molecule has 3 unspecified atom stereocenters. The summed E-state index contributed by atoms with van der Waals surface area (Å²) in [6, 6.07) is 6.89. The molecule has 0 amide bonds. The molecule has 3 atom stereocenters. The quantitative estimate of drug-likeness (QED) is 0.559. The molecule has 0 aliphatic carbocycles. The highest BCUT2D eigenvalue weighted by Crippen LogP contribution is 2.76. The molecule has 1 aromatic rings. The summed E-state index contributed by atoms with van der Waals surface area (Å²) in [7, 11) is -8.20. The van der Waals surface area contributed by atoms with Gasteiger partial charge in [0.2, 0.25) is 0 Å². The average Bonchev–Trinajstić information content (AvgIpc) is 2.49. The van der Waals surface area contributed by atoms with Crippen molar-refractivity contribution in [3.05, 3.63) is 35.4 Å². The van der Waals surface area contributed by atoms with Gasteiger partial charge in [0.1, 0.15) is 0 Å². The lowest BCUT2D eigenvalue weighted by atomic mass is 10.2. The van der Waals surface area contributed by atoms with E-state index < -0.39 is 26.7 Å². The highest BCUT2D eigenvalue weighted by molar-refractivity contribution is 7.71. The fourth-order valence-electron chi connectivity index (χ4n) is 2.22. The number of hydrogen-bond donors (Lipinski definition) is 1. The van der Waals surface area contributed by atoms with Crippen molar-refractivity contribution in [2.45, 2.75) is 52.5 Å². The van der Waals surface area contributed by atoms with E-state index in [1.807, 2.05) is 13.8 Å². The molecular weight excluding hydrogens is 350 g/mol. The summed E-state index contributed by atoms with van der Waals surface area (Å²) in [4.78, 5) is 10.6. The summed E-state index contributed by atoms with van der Waals surface area (Å²) >= 11 is 0. The van der Waals surface area contributed by atoms with Crippen molar-refractivity contribution in [3.63, 3.8) is 0 Å². The first-order valence-corrected chi connectivity index (χ1v) is 11.4. The van der Waals surface area contributed by atoms with E-state index in [0.717, 1.165) is 5.56 Å². The molecule has 6 nitrogen and oxygen atoms in total. The van der Waals surface area contributed by atoms with Crippen LogP contribution in [0.25, 0.3) is 0 Å². The molecule has 8 heteroatoms.